The molecular weight excluding hydrogens is 290 g/mol. The van der Waals surface area contributed by atoms with Gasteiger partial charge in [-0.25, -0.2) is 4.79 Å². The van der Waals surface area contributed by atoms with Gasteiger partial charge in [-0.15, -0.1) is 11.3 Å². The molecule has 2 rings (SSSR count). The highest BCUT2D eigenvalue weighted by molar-refractivity contribution is 9.10. The fourth-order valence-corrected chi connectivity index (χ4v) is 3.05. The number of carbonyl (C=O) groups is 1. The topological polar surface area (TPSA) is 44.4 Å². The number of urea groups is 1. The van der Waals surface area contributed by atoms with Crippen LogP contribution in [0.15, 0.2) is 15.9 Å². The normalized spacial score (nSPS) is 15.6. The number of nitrogens with zero attached hydrogens (tertiary/aromatic N) is 1. The highest BCUT2D eigenvalue weighted by atomic mass is 79.9. The summed E-state index contributed by atoms with van der Waals surface area (Å²) in [5.41, 5.74) is 0. The van der Waals surface area contributed by atoms with Gasteiger partial charge in [0.2, 0.25) is 0 Å². The number of carbonyl (C=O) groups excluding carboxylic acids is 1. The second-order valence-corrected chi connectivity index (χ2v) is 5.44. The van der Waals surface area contributed by atoms with Crippen LogP contribution in [0.3, 0.4) is 0 Å². The van der Waals surface area contributed by atoms with Crippen LogP contribution < -0.4 is 10.6 Å². The van der Waals surface area contributed by atoms with Crippen molar-refractivity contribution in [3.05, 3.63) is 20.8 Å². The number of halogens is 1. The fraction of sp³-hybridized carbons (Fsp3) is 0.500. The zero-order valence-corrected chi connectivity index (χ0v) is 11.2. The van der Waals surface area contributed by atoms with E-state index >= 15 is 0 Å². The molecule has 1 aliphatic heterocycles. The third kappa shape index (κ3) is 2.96. The summed E-state index contributed by atoms with van der Waals surface area (Å²) in [6.45, 7) is 4.05. The highest BCUT2D eigenvalue weighted by Gasteiger charge is 2.17. The molecule has 6 heteroatoms. The van der Waals surface area contributed by atoms with E-state index in [2.05, 4.69) is 38.0 Å². The van der Waals surface area contributed by atoms with Crippen molar-refractivity contribution in [3.8, 4) is 0 Å². The van der Waals surface area contributed by atoms with Gasteiger partial charge < -0.3 is 15.5 Å². The van der Waals surface area contributed by atoms with E-state index in [1.165, 1.54) is 4.88 Å². The molecule has 2 heterocycles. The third-order valence-electron chi connectivity index (χ3n) is 2.48. The van der Waals surface area contributed by atoms with E-state index in [1.54, 1.807) is 11.3 Å². The number of thiophene rings is 1. The summed E-state index contributed by atoms with van der Waals surface area (Å²) < 4.78 is 1.16. The largest absolute Gasteiger partial charge is 0.336 e. The fourth-order valence-electron chi connectivity index (χ4n) is 1.59. The number of amides is 2. The monoisotopic (exact) mass is 303 g/mol. The Hall–Kier alpha value is -0.590. The van der Waals surface area contributed by atoms with Crippen molar-refractivity contribution in [2.24, 2.45) is 0 Å². The minimum Gasteiger partial charge on any atom is -0.336 e. The maximum absolute atomic E-state index is 11.2. The van der Waals surface area contributed by atoms with E-state index in [0.717, 1.165) is 37.2 Å². The molecule has 1 aromatic heterocycles. The second-order valence-electron chi connectivity index (χ2n) is 3.59. The zero-order chi connectivity index (χ0) is 11.4. The van der Waals surface area contributed by atoms with Crippen molar-refractivity contribution in [2.75, 3.05) is 26.2 Å². The van der Waals surface area contributed by atoms with Crippen LogP contribution in [-0.4, -0.2) is 37.1 Å². The van der Waals surface area contributed by atoms with Crippen LogP contribution in [0.5, 0.6) is 0 Å². The predicted octanol–water partition coefficient (Wildman–Crippen LogP) is 1.63. The molecule has 88 valence electrons. The summed E-state index contributed by atoms with van der Waals surface area (Å²) in [7, 11) is 0. The first-order valence-electron chi connectivity index (χ1n) is 5.23. The van der Waals surface area contributed by atoms with Crippen molar-refractivity contribution < 1.29 is 4.79 Å². The van der Waals surface area contributed by atoms with Crippen LogP contribution in [0.4, 0.5) is 4.79 Å². The molecule has 0 spiro atoms. The molecule has 0 unspecified atom stereocenters. The Bertz CT molecular complexity index is 369. The Morgan fingerprint density at radius 2 is 2.50 bits per heavy atom. The van der Waals surface area contributed by atoms with E-state index in [9.17, 15) is 4.79 Å². The molecule has 1 saturated heterocycles. The Morgan fingerprint density at radius 1 is 1.62 bits per heavy atom. The van der Waals surface area contributed by atoms with E-state index < -0.39 is 0 Å². The average Bonchev–Trinajstić information content (AvgIpc) is 2.84. The molecule has 1 aromatic rings. The SMILES string of the molecule is O=C1NCCN1CCNCc1sccc1Br. The molecule has 1 fully saturated rings. The van der Waals surface area contributed by atoms with Crippen LogP contribution in [0.1, 0.15) is 4.88 Å². The van der Waals surface area contributed by atoms with Gasteiger partial charge in [0.05, 0.1) is 0 Å². The molecule has 2 amide bonds. The van der Waals surface area contributed by atoms with E-state index in [1.807, 2.05) is 4.90 Å². The maximum atomic E-state index is 11.2. The lowest BCUT2D eigenvalue weighted by atomic mass is 10.4. The lowest BCUT2D eigenvalue weighted by molar-refractivity contribution is 0.217. The van der Waals surface area contributed by atoms with Crippen molar-refractivity contribution in [1.29, 1.82) is 0 Å². The minimum atomic E-state index is 0.0547. The molecule has 2 N–H and O–H groups in total. The second kappa shape index (κ2) is 5.65. The van der Waals surface area contributed by atoms with Gasteiger partial charge >= 0.3 is 6.03 Å². The van der Waals surface area contributed by atoms with Crippen LogP contribution in [0.2, 0.25) is 0 Å². The Balaban J connectivity index is 1.65. The quantitative estimate of drug-likeness (QED) is 0.812. The first-order chi connectivity index (χ1) is 7.77. The Kier molecular flexibility index (Phi) is 4.20. The Morgan fingerprint density at radius 3 is 3.12 bits per heavy atom. The average molecular weight is 304 g/mol. The molecule has 0 bridgehead atoms. The molecule has 1 aliphatic rings. The first kappa shape index (κ1) is 11.9. The van der Waals surface area contributed by atoms with E-state index in [-0.39, 0.29) is 6.03 Å². The zero-order valence-electron chi connectivity index (χ0n) is 8.83. The van der Waals surface area contributed by atoms with Crippen molar-refractivity contribution in [1.82, 2.24) is 15.5 Å². The lowest BCUT2D eigenvalue weighted by Gasteiger charge is -2.13. The van der Waals surface area contributed by atoms with E-state index in [0.29, 0.717) is 0 Å². The summed E-state index contributed by atoms with van der Waals surface area (Å²) in [5, 5.41) is 8.19. The molecular formula is C10H14BrN3OS. The summed E-state index contributed by atoms with van der Waals surface area (Å²) in [4.78, 5) is 14.4. The van der Waals surface area contributed by atoms with Gasteiger partial charge in [-0.2, -0.15) is 0 Å². The lowest BCUT2D eigenvalue weighted by Crippen LogP contribution is -2.34. The molecule has 0 saturated carbocycles. The summed E-state index contributed by atoms with van der Waals surface area (Å²) in [5.74, 6) is 0. The van der Waals surface area contributed by atoms with E-state index in [4.69, 9.17) is 0 Å². The van der Waals surface area contributed by atoms with Crippen molar-refractivity contribution in [2.45, 2.75) is 6.54 Å². The minimum absolute atomic E-state index is 0.0547. The van der Waals surface area contributed by atoms with Gasteiger partial charge in [0.15, 0.2) is 0 Å². The van der Waals surface area contributed by atoms with Crippen LogP contribution in [0, 0.1) is 0 Å². The molecule has 0 atom stereocenters. The molecule has 0 aliphatic carbocycles. The van der Waals surface area contributed by atoms with Crippen molar-refractivity contribution in [3.63, 3.8) is 0 Å². The van der Waals surface area contributed by atoms with Gasteiger partial charge in [-0.05, 0) is 27.4 Å². The Labute approximate surface area is 107 Å². The number of rotatable bonds is 5. The molecule has 4 nitrogen and oxygen atoms in total. The van der Waals surface area contributed by atoms with Gasteiger partial charge in [0, 0.05) is 42.1 Å². The summed E-state index contributed by atoms with van der Waals surface area (Å²) >= 11 is 5.22. The van der Waals surface area contributed by atoms with Crippen molar-refractivity contribution >= 4 is 33.3 Å². The van der Waals surface area contributed by atoms with Gasteiger partial charge in [-0.1, -0.05) is 0 Å². The predicted molar refractivity (Wildman–Crippen MR) is 68.7 cm³/mol. The van der Waals surface area contributed by atoms with Gasteiger partial charge in [0.1, 0.15) is 0 Å². The number of nitrogens with one attached hydrogen (secondary N) is 2. The smallest absolute Gasteiger partial charge is 0.317 e. The van der Waals surface area contributed by atoms with Crippen LogP contribution in [0.25, 0.3) is 0 Å². The van der Waals surface area contributed by atoms with Gasteiger partial charge in [-0.3, -0.25) is 0 Å². The molecule has 16 heavy (non-hydrogen) atoms. The first-order valence-corrected chi connectivity index (χ1v) is 6.90. The summed E-state index contributed by atoms with van der Waals surface area (Å²) in [6.07, 6.45) is 0. The summed E-state index contributed by atoms with van der Waals surface area (Å²) in [6, 6.07) is 2.11. The van der Waals surface area contributed by atoms with Gasteiger partial charge in [0.25, 0.3) is 0 Å². The highest BCUT2D eigenvalue weighted by Crippen LogP contribution is 2.21. The number of hydrogen-bond donors (Lipinski definition) is 2. The van der Waals surface area contributed by atoms with Crippen LogP contribution in [-0.2, 0) is 6.54 Å². The number of hydrogen-bond acceptors (Lipinski definition) is 3. The maximum Gasteiger partial charge on any atom is 0.317 e. The molecule has 0 aromatic carbocycles. The third-order valence-corrected chi connectivity index (χ3v) is 4.41. The van der Waals surface area contributed by atoms with Crippen LogP contribution >= 0.6 is 27.3 Å². The standard InChI is InChI=1S/C10H14BrN3OS/c11-8-1-6-16-9(8)7-12-2-4-14-5-3-13-10(14)15/h1,6,12H,2-5,7H2,(H,13,15). The molecule has 0 radical (unpaired) electrons.